The molecule has 84 valence electrons. The Balaban J connectivity index is 2.28. The highest BCUT2D eigenvalue weighted by molar-refractivity contribution is 5.08. The molecule has 1 aromatic heterocycles. The van der Waals surface area contributed by atoms with Crippen LogP contribution in [0.5, 0.6) is 0 Å². The lowest BCUT2D eigenvalue weighted by atomic mass is 9.89. The molecule has 0 saturated heterocycles. The Labute approximate surface area is 91.5 Å². The number of nitrogens with one attached hydrogen (secondary N) is 1. The van der Waals surface area contributed by atoms with Crippen molar-refractivity contribution >= 4 is 0 Å². The summed E-state index contributed by atoms with van der Waals surface area (Å²) in [4.78, 5) is 3.95. The van der Waals surface area contributed by atoms with E-state index >= 15 is 0 Å². The fourth-order valence-electron chi connectivity index (χ4n) is 1.16. The summed E-state index contributed by atoms with van der Waals surface area (Å²) < 4.78 is 0. The summed E-state index contributed by atoms with van der Waals surface area (Å²) in [5.41, 5.74) is 1.12. The molecule has 3 nitrogen and oxygen atoms in total. The van der Waals surface area contributed by atoms with Gasteiger partial charge >= 0.3 is 0 Å². The summed E-state index contributed by atoms with van der Waals surface area (Å²) in [5, 5.41) is 13.0. The third-order valence-corrected chi connectivity index (χ3v) is 2.42. The lowest BCUT2D eigenvalue weighted by Gasteiger charge is -2.26. The number of rotatable bonds is 4. The normalized spacial score (nSPS) is 13.9. The molecule has 0 fully saturated rings. The molecule has 1 atom stereocenters. The van der Waals surface area contributed by atoms with Crippen LogP contribution in [0.2, 0.25) is 0 Å². The van der Waals surface area contributed by atoms with Gasteiger partial charge < -0.3 is 10.4 Å². The van der Waals surface area contributed by atoms with Crippen LogP contribution >= 0.6 is 0 Å². The summed E-state index contributed by atoms with van der Waals surface area (Å²) in [6.45, 7) is 7.49. The quantitative estimate of drug-likeness (QED) is 0.789. The second kappa shape index (κ2) is 5.24. The van der Waals surface area contributed by atoms with Crippen LogP contribution in [0.1, 0.15) is 26.3 Å². The maximum atomic E-state index is 9.79. The zero-order valence-corrected chi connectivity index (χ0v) is 9.70. The van der Waals surface area contributed by atoms with E-state index < -0.39 is 0 Å². The van der Waals surface area contributed by atoms with Gasteiger partial charge in [0.25, 0.3) is 0 Å². The maximum absolute atomic E-state index is 9.79. The van der Waals surface area contributed by atoms with E-state index in [9.17, 15) is 5.11 Å². The molecule has 0 aliphatic carbocycles. The van der Waals surface area contributed by atoms with E-state index in [1.165, 1.54) is 5.56 Å². The summed E-state index contributed by atoms with van der Waals surface area (Å²) >= 11 is 0. The zero-order valence-electron chi connectivity index (χ0n) is 9.70. The summed E-state index contributed by atoms with van der Waals surface area (Å²) in [6.07, 6.45) is 3.23. The monoisotopic (exact) mass is 208 g/mol. The molecular formula is C12H20N2O. The number of aromatic nitrogens is 1. The maximum Gasteiger partial charge on any atom is 0.0712 e. The highest BCUT2D eigenvalue weighted by Gasteiger charge is 2.21. The molecule has 3 heteroatoms. The van der Waals surface area contributed by atoms with E-state index in [-0.39, 0.29) is 11.5 Å². The molecular weight excluding hydrogens is 188 g/mol. The van der Waals surface area contributed by atoms with Crippen LogP contribution in [-0.2, 0) is 6.54 Å². The van der Waals surface area contributed by atoms with E-state index in [0.29, 0.717) is 6.54 Å². The van der Waals surface area contributed by atoms with Gasteiger partial charge in [0, 0.05) is 25.5 Å². The first-order valence-corrected chi connectivity index (χ1v) is 5.28. The predicted octanol–water partition coefficient (Wildman–Crippen LogP) is 1.58. The zero-order chi connectivity index (χ0) is 11.3. The predicted molar refractivity (Wildman–Crippen MR) is 61.4 cm³/mol. The number of hydrogen-bond acceptors (Lipinski definition) is 3. The topological polar surface area (TPSA) is 45.1 Å². The summed E-state index contributed by atoms with van der Waals surface area (Å²) in [7, 11) is 0. The molecule has 0 aliphatic heterocycles. The van der Waals surface area contributed by atoms with Crippen molar-refractivity contribution in [3.05, 3.63) is 30.1 Å². The third-order valence-electron chi connectivity index (χ3n) is 2.42. The smallest absolute Gasteiger partial charge is 0.0712 e. The Bertz CT molecular complexity index is 279. The SMILES string of the molecule is CC(C)(C)C(O)CNCc1ccncc1. The lowest BCUT2D eigenvalue weighted by Crippen LogP contribution is -2.36. The molecule has 0 radical (unpaired) electrons. The number of pyridine rings is 1. The van der Waals surface area contributed by atoms with Gasteiger partial charge in [0.2, 0.25) is 0 Å². The molecule has 1 aromatic rings. The molecule has 2 N–H and O–H groups in total. The van der Waals surface area contributed by atoms with Crippen LogP contribution in [0.15, 0.2) is 24.5 Å². The Morgan fingerprint density at radius 2 is 1.93 bits per heavy atom. The second-order valence-electron chi connectivity index (χ2n) is 4.87. The van der Waals surface area contributed by atoms with Crippen LogP contribution in [0.3, 0.4) is 0 Å². The fraction of sp³-hybridized carbons (Fsp3) is 0.583. The van der Waals surface area contributed by atoms with E-state index in [0.717, 1.165) is 6.54 Å². The van der Waals surface area contributed by atoms with Crippen LogP contribution in [0, 0.1) is 5.41 Å². The van der Waals surface area contributed by atoms with E-state index in [2.05, 4.69) is 10.3 Å². The van der Waals surface area contributed by atoms with Gasteiger partial charge in [0.05, 0.1) is 6.10 Å². The third kappa shape index (κ3) is 4.40. The van der Waals surface area contributed by atoms with Gasteiger partial charge in [-0.05, 0) is 23.1 Å². The summed E-state index contributed by atoms with van der Waals surface area (Å²) in [5.74, 6) is 0. The van der Waals surface area contributed by atoms with Crippen molar-refractivity contribution in [2.24, 2.45) is 5.41 Å². The number of nitrogens with zero attached hydrogens (tertiary/aromatic N) is 1. The Morgan fingerprint density at radius 3 is 2.47 bits per heavy atom. The molecule has 0 amide bonds. The van der Waals surface area contributed by atoms with E-state index in [1.54, 1.807) is 12.4 Å². The molecule has 1 heterocycles. The highest BCUT2D eigenvalue weighted by atomic mass is 16.3. The van der Waals surface area contributed by atoms with Crippen LogP contribution in [0.4, 0.5) is 0 Å². The highest BCUT2D eigenvalue weighted by Crippen LogP contribution is 2.18. The lowest BCUT2D eigenvalue weighted by molar-refractivity contribution is 0.0627. The Hall–Kier alpha value is -0.930. The van der Waals surface area contributed by atoms with Crippen LogP contribution in [0.25, 0.3) is 0 Å². The van der Waals surface area contributed by atoms with Gasteiger partial charge in [-0.25, -0.2) is 0 Å². The van der Waals surface area contributed by atoms with Crippen molar-refractivity contribution in [2.45, 2.75) is 33.4 Å². The number of aliphatic hydroxyl groups is 1. The summed E-state index contributed by atoms with van der Waals surface area (Å²) in [6, 6.07) is 3.94. The molecule has 1 unspecified atom stereocenters. The van der Waals surface area contributed by atoms with Gasteiger partial charge in [-0.3, -0.25) is 4.98 Å². The number of aliphatic hydroxyl groups excluding tert-OH is 1. The molecule has 15 heavy (non-hydrogen) atoms. The average Bonchev–Trinajstić information content (AvgIpc) is 2.18. The fourth-order valence-corrected chi connectivity index (χ4v) is 1.16. The Morgan fingerprint density at radius 1 is 1.33 bits per heavy atom. The van der Waals surface area contributed by atoms with Gasteiger partial charge in [-0.1, -0.05) is 20.8 Å². The first kappa shape index (κ1) is 12.1. The van der Waals surface area contributed by atoms with Gasteiger partial charge in [0.1, 0.15) is 0 Å². The molecule has 1 rings (SSSR count). The average molecular weight is 208 g/mol. The second-order valence-corrected chi connectivity index (χ2v) is 4.87. The molecule has 0 spiro atoms. The van der Waals surface area contributed by atoms with Gasteiger partial charge in [0.15, 0.2) is 0 Å². The largest absolute Gasteiger partial charge is 0.391 e. The van der Waals surface area contributed by atoms with Crippen LogP contribution < -0.4 is 5.32 Å². The molecule has 0 bridgehead atoms. The van der Waals surface area contributed by atoms with Crippen molar-refractivity contribution in [1.29, 1.82) is 0 Å². The standard InChI is InChI=1S/C12H20N2O/c1-12(2,3)11(15)9-14-8-10-4-6-13-7-5-10/h4-7,11,14-15H,8-9H2,1-3H3. The van der Waals surface area contributed by atoms with Crippen molar-refractivity contribution in [2.75, 3.05) is 6.54 Å². The first-order valence-electron chi connectivity index (χ1n) is 5.28. The van der Waals surface area contributed by atoms with Crippen molar-refractivity contribution in [3.8, 4) is 0 Å². The Kier molecular flexibility index (Phi) is 4.24. The van der Waals surface area contributed by atoms with Crippen molar-refractivity contribution < 1.29 is 5.11 Å². The molecule has 0 saturated carbocycles. The molecule has 0 aliphatic rings. The number of hydrogen-bond donors (Lipinski definition) is 2. The van der Waals surface area contributed by atoms with Crippen molar-refractivity contribution in [1.82, 2.24) is 10.3 Å². The minimum absolute atomic E-state index is 0.0642. The minimum atomic E-state index is -0.320. The van der Waals surface area contributed by atoms with Gasteiger partial charge in [-0.15, -0.1) is 0 Å². The van der Waals surface area contributed by atoms with Crippen molar-refractivity contribution in [3.63, 3.8) is 0 Å². The van der Waals surface area contributed by atoms with E-state index in [4.69, 9.17) is 0 Å². The first-order chi connectivity index (χ1) is 7.00. The minimum Gasteiger partial charge on any atom is -0.391 e. The van der Waals surface area contributed by atoms with Gasteiger partial charge in [-0.2, -0.15) is 0 Å². The molecule has 0 aromatic carbocycles. The van der Waals surface area contributed by atoms with Crippen LogP contribution in [-0.4, -0.2) is 22.7 Å². The van der Waals surface area contributed by atoms with E-state index in [1.807, 2.05) is 32.9 Å².